The minimum Gasteiger partial charge on any atom is -0.437 e. The second-order valence-corrected chi connectivity index (χ2v) is 9.05. The van der Waals surface area contributed by atoms with E-state index in [1.165, 1.54) is 0 Å². The molecule has 4 rings (SSSR count). The van der Waals surface area contributed by atoms with Gasteiger partial charge in [0.1, 0.15) is 17.3 Å². The Bertz CT molecular complexity index is 1180. The Hall–Kier alpha value is -3.48. The van der Waals surface area contributed by atoms with Crippen LogP contribution in [0.1, 0.15) is 49.7 Å². The largest absolute Gasteiger partial charge is 0.437 e. The van der Waals surface area contributed by atoms with E-state index in [4.69, 9.17) is 10.5 Å². The Kier molecular flexibility index (Phi) is 7.10. The molecule has 178 valence electrons. The maximum atomic E-state index is 10.0. The van der Waals surface area contributed by atoms with Gasteiger partial charge < -0.3 is 20.5 Å². The lowest BCUT2D eigenvalue weighted by Crippen LogP contribution is -2.35. The van der Waals surface area contributed by atoms with E-state index in [1.807, 2.05) is 13.0 Å². The predicted molar refractivity (Wildman–Crippen MR) is 129 cm³/mol. The van der Waals surface area contributed by atoms with Crippen molar-refractivity contribution in [3.8, 4) is 23.4 Å². The Labute approximate surface area is 199 Å². The first-order valence-electron chi connectivity index (χ1n) is 11.6. The molecule has 1 aliphatic rings. The number of piperidine rings is 1. The fraction of sp³-hybridized carbons (Fsp3) is 0.440. The first-order valence-corrected chi connectivity index (χ1v) is 11.6. The van der Waals surface area contributed by atoms with Crippen LogP contribution in [0, 0.1) is 30.1 Å². The highest BCUT2D eigenvalue weighted by molar-refractivity contribution is 5.53. The van der Waals surface area contributed by atoms with E-state index in [0.29, 0.717) is 40.2 Å². The molecular weight excluding hydrogens is 430 g/mol. The lowest BCUT2D eigenvalue weighted by molar-refractivity contribution is 0.186. The number of hydrogen-bond acceptors (Lipinski definition) is 8. The van der Waals surface area contributed by atoms with Crippen molar-refractivity contribution >= 4 is 5.82 Å². The van der Waals surface area contributed by atoms with E-state index in [-0.39, 0.29) is 6.54 Å². The molecule has 1 aliphatic heterocycles. The highest BCUT2D eigenvalue weighted by atomic mass is 16.5. The van der Waals surface area contributed by atoms with Crippen LogP contribution in [0.15, 0.2) is 36.7 Å². The summed E-state index contributed by atoms with van der Waals surface area (Å²) in [6, 6.07) is 9.09. The summed E-state index contributed by atoms with van der Waals surface area (Å²) < 4.78 is 7.79. The van der Waals surface area contributed by atoms with Crippen LogP contribution in [-0.2, 0) is 0 Å². The van der Waals surface area contributed by atoms with Crippen molar-refractivity contribution in [2.24, 2.45) is 17.6 Å². The molecule has 3 aromatic rings. The highest BCUT2D eigenvalue weighted by Gasteiger charge is 2.23. The molecular formula is C25H31N7O2. The zero-order chi connectivity index (χ0) is 24.2. The van der Waals surface area contributed by atoms with Crippen LogP contribution in [-0.4, -0.2) is 44.5 Å². The average molecular weight is 462 g/mol. The predicted octanol–water partition coefficient (Wildman–Crippen LogP) is 3.50. The number of nitrogens with zero attached hydrogens (tertiary/aromatic N) is 6. The zero-order valence-electron chi connectivity index (χ0n) is 19.8. The number of benzene rings is 1. The van der Waals surface area contributed by atoms with Gasteiger partial charge in [-0.15, -0.1) is 0 Å². The molecule has 0 bridgehead atoms. The summed E-state index contributed by atoms with van der Waals surface area (Å²) in [4.78, 5) is 11.4. The summed E-state index contributed by atoms with van der Waals surface area (Å²) in [5.74, 6) is 3.72. The summed E-state index contributed by atoms with van der Waals surface area (Å²) in [6.07, 6.45) is 4.74. The molecule has 9 heteroatoms. The second kappa shape index (κ2) is 10.2. The van der Waals surface area contributed by atoms with Crippen molar-refractivity contribution in [3.63, 3.8) is 0 Å². The number of ether oxygens (including phenoxy) is 1. The van der Waals surface area contributed by atoms with Crippen LogP contribution < -0.4 is 15.4 Å². The number of hydrogen-bond donors (Lipinski definition) is 2. The van der Waals surface area contributed by atoms with E-state index in [9.17, 15) is 10.4 Å². The third-order valence-electron chi connectivity index (χ3n) is 6.37. The van der Waals surface area contributed by atoms with Gasteiger partial charge in [-0.25, -0.2) is 9.67 Å². The molecule has 2 aromatic heterocycles. The van der Waals surface area contributed by atoms with Crippen LogP contribution in [0.25, 0.3) is 5.69 Å². The highest BCUT2D eigenvalue weighted by Crippen LogP contribution is 2.32. The van der Waals surface area contributed by atoms with Gasteiger partial charge in [-0.3, -0.25) is 0 Å². The molecule has 1 aromatic carbocycles. The number of aromatic nitrogens is 4. The number of aliphatic hydroxyl groups is 1. The maximum absolute atomic E-state index is 10.0. The number of aliphatic hydroxyl groups excluding tert-OH is 1. The summed E-state index contributed by atoms with van der Waals surface area (Å²) >= 11 is 0. The number of aryl methyl sites for hydroxylation is 1. The van der Waals surface area contributed by atoms with Crippen molar-refractivity contribution in [1.29, 1.82) is 5.26 Å². The van der Waals surface area contributed by atoms with Gasteiger partial charge in [0, 0.05) is 43.5 Å². The average Bonchev–Trinajstić information content (AvgIpc) is 3.33. The lowest BCUT2D eigenvalue weighted by atomic mass is 9.87. The van der Waals surface area contributed by atoms with E-state index in [0.717, 1.165) is 37.7 Å². The van der Waals surface area contributed by atoms with Crippen LogP contribution >= 0.6 is 0 Å². The van der Waals surface area contributed by atoms with Gasteiger partial charge in [0.15, 0.2) is 5.75 Å². The normalized spacial score (nSPS) is 15.4. The topological polar surface area (TPSA) is 126 Å². The van der Waals surface area contributed by atoms with Gasteiger partial charge in [-0.1, -0.05) is 13.8 Å². The van der Waals surface area contributed by atoms with Gasteiger partial charge >= 0.3 is 0 Å². The summed E-state index contributed by atoms with van der Waals surface area (Å²) in [5.41, 5.74) is 7.24. The first kappa shape index (κ1) is 23.7. The third kappa shape index (κ3) is 5.19. The van der Waals surface area contributed by atoms with Gasteiger partial charge in [-0.2, -0.15) is 15.3 Å². The van der Waals surface area contributed by atoms with Crippen LogP contribution in [0.4, 0.5) is 5.82 Å². The molecule has 0 amide bonds. The Balaban J connectivity index is 1.62. The van der Waals surface area contributed by atoms with Gasteiger partial charge in [-0.05, 0) is 43.7 Å². The summed E-state index contributed by atoms with van der Waals surface area (Å²) in [5, 5.41) is 23.8. The number of anilines is 1. The number of nitrogens with two attached hydrogens (primary N) is 1. The molecule has 3 N–H and O–H groups in total. The van der Waals surface area contributed by atoms with Crippen molar-refractivity contribution in [1.82, 2.24) is 19.7 Å². The quantitative estimate of drug-likeness (QED) is 0.547. The zero-order valence-corrected chi connectivity index (χ0v) is 19.8. The van der Waals surface area contributed by atoms with E-state index < -0.39 is 6.10 Å². The molecule has 3 heterocycles. The van der Waals surface area contributed by atoms with Gasteiger partial charge in [0.25, 0.3) is 0 Å². The Morgan fingerprint density at radius 1 is 1.24 bits per heavy atom. The van der Waals surface area contributed by atoms with Crippen molar-refractivity contribution < 1.29 is 9.84 Å². The van der Waals surface area contributed by atoms with E-state index >= 15 is 0 Å². The number of rotatable bonds is 7. The molecule has 0 spiro atoms. The molecule has 0 aliphatic carbocycles. The minimum atomic E-state index is -0.802. The standard InChI is InChI=1S/C25H31N7O2/c1-16(2)19-6-8-31(9-7-19)24-11-25(30-17(3)29-24)34-23-10-18(12-26)4-5-21(23)32-15-20(14-28-32)22(33)13-27/h4-5,10-11,14-16,19,22,33H,6-9,13,27H2,1-3H3. The van der Waals surface area contributed by atoms with Gasteiger partial charge in [0.2, 0.25) is 5.88 Å². The first-order chi connectivity index (χ1) is 16.4. The maximum Gasteiger partial charge on any atom is 0.224 e. The smallest absolute Gasteiger partial charge is 0.224 e. The molecule has 0 saturated carbocycles. The van der Waals surface area contributed by atoms with Gasteiger partial charge in [0.05, 0.1) is 23.9 Å². The lowest BCUT2D eigenvalue weighted by Gasteiger charge is -2.34. The van der Waals surface area contributed by atoms with E-state index in [2.05, 4.69) is 39.9 Å². The Morgan fingerprint density at radius 3 is 2.68 bits per heavy atom. The van der Waals surface area contributed by atoms with Crippen molar-refractivity contribution in [2.45, 2.75) is 39.7 Å². The second-order valence-electron chi connectivity index (χ2n) is 9.05. The SMILES string of the molecule is Cc1nc(Oc2cc(C#N)ccc2-n2cc(C(O)CN)cn2)cc(N2CCC(C(C)C)CC2)n1. The summed E-state index contributed by atoms with van der Waals surface area (Å²) in [7, 11) is 0. The van der Waals surface area contributed by atoms with E-state index in [1.54, 1.807) is 35.3 Å². The monoisotopic (exact) mass is 461 g/mol. The molecule has 1 fully saturated rings. The third-order valence-corrected chi connectivity index (χ3v) is 6.37. The molecule has 9 nitrogen and oxygen atoms in total. The Morgan fingerprint density at radius 2 is 2.00 bits per heavy atom. The fourth-order valence-electron chi connectivity index (χ4n) is 4.28. The molecule has 1 unspecified atom stereocenters. The molecule has 1 saturated heterocycles. The summed E-state index contributed by atoms with van der Waals surface area (Å²) in [6.45, 7) is 8.42. The molecule has 0 radical (unpaired) electrons. The van der Waals surface area contributed by atoms with Crippen LogP contribution in [0.2, 0.25) is 0 Å². The fourth-order valence-corrected chi connectivity index (χ4v) is 4.28. The van der Waals surface area contributed by atoms with Crippen molar-refractivity contribution in [3.05, 3.63) is 53.6 Å². The van der Waals surface area contributed by atoms with Crippen LogP contribution in [0.5, 0.6) is 11.6 Å². The van der Waals surface area contributed by atoms with Crippen molar-refractivity contribution in [2.75, 3.05) is 24.5 Å². The molecule has 1 atom stereocenters. The number of nitriles is 1. The molecule has 34 heavy (non-hydrogen) atoms. The van der Waals surface area contributed by atoms with Crippen LogP contribution in [0.3, 0.4) is 0 Å². The minimum absolute atomic E-state index is 0.0970.